The molecule has 5 nitrogen and oxygen atoms in total. The molecular formula is C18H15ClN2O3S. The summed E-state index contributed by atoms with van der Waals surface area (Å²) in [4.78, 5) is 16.9. The molecule has 0 radical (unpaired) electrons. The number of anilines is 1. The molecule has 1 amide bonds. The fourth-order valence-corrected chi connectivity index (χ4v) is 3.17. The number of rotatable bonds is 5. The lowest BCUT2D eigenvalue weighted by Gasteiger charge is -2.08. The molecule has 0 aliphatic carbocycles. The van der Waals surface area contributed by atoms with Gasteiger partial charge in [0, 0.05) is 27.6 Å². The van der Waals surface area contributed by atoms with Crippen LogP contribution in [-0.2, 0) is 0 Å². The second kappa shape index (κ2) is 7.55. The summed E-state index contributed by atoms with van der Waals surface area (Å²) >= 11 is 7.52. The van der Waals surface area contributed by atoms with Crippen molar-refractivity contribution in [2.24, 2.45) is 0 Å². The van der Waals surface area contributed by atoms with Crippen LogP contribution in [0.1, 0.15) is 10.4 Å². The molecule has 0 unspecified atom stereocenters. The summed E-state index contributed by atoms with van der Waals surface area (Å²) in [6, 6.07) is 12.4. The van der Waals surface area contributed by atoms with Crippen LogP contribution in [0.2, 0.25) is 5.02 Å². The van der Waals surface area contributed by atoms with Crippen molar-refractivity contribution in [3.8, 4) is 22.8 Å². The number of halogens is 1. The van der Waals surface area contributed by atoms with E-state index in [1.54, 1.807) is 24.3 Å². The van der Waals surface area contributed by atoms with E-state index in [2.05, 4.69) is 10.3 Å². The first kappa shape index (κ1) is 17.3. The van der Waals surface area contributed by atoms with Crippen LogP contribution in [-0.4, -0.2) is 25.1 Å². The first-order valence-corrected chi connectivity index (χ1v) is 8.61. The van der Waals surface area contributed by atoms with Gasteiger partial charge in [0.1, 0.15) is 11.5 Å². The molecule has 1 N–H and O–H groups in total. The summed E-state index contributed by atoms with van der Waals surface area (Å²) in [6.07, 6.45) is 0. The first-order chi connectivity index (χ1) is 12.1. The molecule has 1 aromatic heterocycles. The smallest absolute Gasteiger partial charge is 0.257 e. The summed E-state index contributed by atoms with van der Waals surface area (Å²) in [5.74, 6) is 0.790. The number of nitrogens with one attached hydrogen (secondary N) is 1. The molecular weight excluding hydrogens is 360 g/mol. The van der Waals surface area contributed by atoms with Crippen molar-refractivity contribution in [1.82, 2.24) is 4.98 Å². The molecule has 3 rings (SSSR count). The van der Waals surface area contributed by atoms with Gasteiger partial charge in [0.2, 0.25) is 0 Å². The minimum atomic E-state index is -0.294. The number of amides is 1. The molecule has 128 valence electrons. The normalized spacial score (nSPS) is 10.4. The highest BCUT2D eigenvalue weighted by atomic mass is 35.5. The molecule has 0 spiro atoms. The first-order valence-electron chi connectivity index (χ1n) is 7.35. The minimum Gasteiger partial charge on any atom is -0.497 e. The number of hydrogen-bond acceptors (Lipinski definition) is 5. The molecule has 0 bridgehead atoms. The van der Waals surface area contributed by atoms with Crippen molar-refractivity contribution in [3.63, 3.8) is 0 Å². The highest BCUT2D eigenvalue weighted by Crippen LogP contribution is 2.30. The van der Waals surface area contributed by atoms with Gasteiger partial charge in [-0.2, -0.15) is 0 Å². The zero-order valence-corrected chi connectivity index (χ0v) is 15.1. The zero-order chi connectivity index (χ0) is 17.8. The lowest BCUT2D eigenvalue weighted by molar-refractivity contribution is 0.102. The predicted octanol–water partition coefficient (Wildman–Crippen LogP) is 4.73. The average Bonchev–Trinajstić information content (AvgIpc) is 3.09. The van der Waals surface area contributed by atoms with Gasteiger partial charge in [-0.05, 0) is 18.2 Å². The van der Waals surface area contributed by atoms with Crippen LogP contribution >= 0.6 is 22.9 Å². The zero-order valence-electron chi connectivity index (χ0n) is 13.6. The maximum absolute atomic E-state index is 12.5. The molecule has 0 aliphatic heterocycles. The van der Waals surface area contributed by atoms with Crippen molar-refractivity contribution in [1.29, 1.82) is 0 Å². The van der Waals surface area contributed by atoms with Crippen LogP contribution in [0.5, 0.6) is 11.5 Å². The van der Waals surface area contributed by atoms with Gasteiger partial charge in [-0.25, -0.2) is 4.98 Å². The molecule has 0 fully saturated rings. The number of hydrogen-bond donors (Lipinski definition) is 1. The van der Waals surface area contributed by atoms with E-state index in [4.69, 9.17) is 21.1 Å². The van der Waals surface area contributed by atoms with Crippen LogP contribution in [0.4, 0.5) is 5.13 Å². The number of thiazole rings is 1. The largest absolute Gasteiger partial charge is 0.497 e. The van der Waals surface area contributed by atoms with Gasteiger partial charge < -0.3 is 9.47 Å². The second-order valence-electron chi connectivity index (χ2n) is 5.07. The van der Waals surface area contributed by atoms with Crippen molar-refractivity contribution in [3.05, 3.63) is 58.4 Å². The van der Waals surface area contributed by atoms with E-state index in [1.807, 2.05) is 23.6 Å². The van der Waals surface area contributed by atoms with Crippen LogP contribution in [0.3, 0.4) is 0 Å². The fraction of sp³-hybridized carbons (Fsp3) is 0.111. The van der Waals surface area contributed by atoms with Crippen LogP contribution < -0.4 is 14.8 Å². The third-order valence-corrected chi connectivity index (χ3v) is 4.58. The molecule has 7 heteroatoms. The molecule has 0 aliphatic rings. The highest BCUT2D eigenvalue weighted by Gasteiger charge is 2.13. The van der Waals surface area contributed by atoms with Crippen LogP contribution in [0, 0.1) is 0 Å². The van der Waals surface area contributed by atoms with E-state index in [9.17, 15) is 4.79 Å². The number of ether oxygens (including phenoxy) is 2. The predicted molar refractivity (Wildman–Crippen MR) is 100 cm³/mol. The summed E-state index contributed by atoms with van der Waals surface area (Å²) in [7, 11) is 3.07. The summed E-state index contributed by atoms with van der Waals surface area (Å²) in [6.45, 7) is 0. The van der Waals surface area contributed by atoms with Gasteiger partial charge in [-0.3, -0.25) is 10.1 Å². The SMILES string of the molecule is COc1cc(OC)cc(C(=O)Nc2nc(-c3ccccc3Cl)cs2)c1. The Morgan fingerprint density at radius 1 is 1.12 bits per heavy atom. The van der Waals surface area contributed by atoms with Gasteiger partial charge in [-0.1, -0.05) is 29.8 Å². The quantitative estimate of drug-likeness (QED) is 0.701. The Kier molecular flexibility index (Phi) is 5.21. The lowest BCUT2D eigenvalue weighted by Crippen LogP contribution is -2.12. The Balaban J connectivity index is 1.82. The van der Waals surface area contributed by atoms with E-state index in [0.29, 0.717) is 32.9 Å². The standard InChI is InChI=1S/C18H15ClN2O3S/c1-23-12-7-11(8-13(9-12)24-2)17(22)21-18-20-16(10-25-18)14-5-3-4-6-15(14)19/h3-10H,1-2H3,(H,20,21,22). The molecule has 1 heterocycles. The molecule has 0 atom stereocenters. The summed E-state index contributed by atoms with van der Waals surface area (Å²) in [5, 5.41) is 5.74. The van der Waals surface area contributed by atoms with E-state index >= 15 is 0 Å². The summed E-state index contributed by atoms with van der Waals surface area (Å²) in [5.41, 5.74) is 1.96. The second-order valence-corrected chi connectivity index (χ2v) is 6.34. The van der Waals surface area contributed by atoms with Crippen LogP contribution in [0.15, 0.2) is 47.8 Å². The van der Waals surface area contributed by atoms with E-state index in [-0.39, 0.29) is 5.91 Å². The third-order valence-electron chi connectivity index (χ3n) is 3.49. The number of carbonyl (C=O) groups excluding carboxylic acids is 1. The number of carbonyl (C=O) groups is 1. The van der Waals surface area contributed by atoms with E-state index in [1.165, 1.54) is 25.6 Å². The topological polar surface area (TPSA) is 60.5 Å². The van der Waals surface area contributed by atoms with Crippen molar-refractivity contribution in [2.75, 3.05) is 19.5 Å². The fourth-order valence-electron chi connectivity index (χ4n) is 2.23. The van der Waals surface area contributed by atoms with Crippen molar-refractivity contribution in [2.45, 2.75) is 0 Å². The maximum atomic E-state index is 12.5. The average molecular weight is 375 g/mol. The highest BCUT2D eigenvalue weighted by molar-refractivity contribution is 7.14. The molecule has 25 heavy (non-hydrogen) atoms. The Morgan fingerprint density at radius 3 is 2.44 bits per heavy atom. The Morgan fingerprint density at radius 2 is 1.80 bits per heavy atom. The van der Waals surface area contributed by atoms with Gasteiger partial charge in [-0.15, -0.1) is 11.3 Å². The Bertz CT molecular complexity index is 889. The number of aromatic nitrogens is 1. The molecule has 0 saturated carbocycles. The number of nitrogens with zero attached hydrogens (tertiary/aromatic N) is 1. The van der Waals surface area contributed by atoms with Gasteiger partial charge in [0.15, 0.2) is 5.13 Å². The Hall–Kier alpha value is -2.57. The molecule has 2 aromatic carbocycles. The van der Waals surface area contributed by atoms with Crippen molar-refractivity contribution >= 4 is 34.0 Å². The molecule has 0 saturated heterocycles. The van der Waals surface area contributed by atoms with E-state index in [0.717, 1.165) is 5.56 Å². The maximum Gasteiger partial charge on any atom is 0.257 e. The minimum absolute atomic E-state index is 0.294. The van der Waals surface area contributed by atoms with E-state index < -0.39 is 0 Å². The number of benzene rings is 2. The third kappa shape index (κ3) is 3.92. The number of methoxy groups -OCH3 is 2. The lowest BCUT2D eigenvalue weighted by atomic mass is 10.2. The van der Waals surface area contributed by atoms with Gasteiger partial charge >= 0.3 is 0 Å². The Labute approximate surface area is 154 Å². The van der Waals surface area contributed by atoms with Gasteiger partial charge in [0.25, 0.3) is 5.91 Å². The van der Waals surface area contributed by atoms with Crippen molar-refractivity contribution < 1.29 is 14.3 Å². The van der Waals surface area contributed by atoms with Crippen LogP contribution in [0.25, 0.3) is 11.3 Å². The van der Waals surface area contributed by atoms with Gasteiger partial charge in [0.05, 0.1) is 19.9 Å². The summed E-state index contributed by atoms with van der Waals surface area (Å²) < 4.78 is 10.4. The monoisotopic (exact) mass is 374 g/mol. The molecule has 3 aromatic rings.